The minimum Gasteiger partial charge on any atom is -0.453 e. The topological polar surface area (TPSA) is 69.4 Å². The van der Waals surface area contributed by atoms with Gasteiger partial charge in [0.25, 0.3) is 5.69 Å². The van der Waals surface area contributed by atoms with Gasteiger partial charge in [0.15, 0.2) is 0 Å². The highest BCUT2D eigenvalue weighted by molar-refractivity contribution is 7.99. The molecule has 0 amide bonds. The normalized spacial score (nSPS) is 16.4. The Morgan fingerprint density at radius 1 is 1.14 bits per heavy atom. The largest absolute Gasteiger partial charge is 0.453 e. The van der Waals surface area contributed by atoms with Crippen LogP contribution in [0.5, 0.6) is 0 Å². The average molecular weight is 301 g/mol. The van der Waals surface area contributed by atoms with Gasteiger partial charge < -0.3 is 4.74 Å². The molecule has 1 heterocycles. The Labute approximate surface area is 125 Å². The molecule has 0 saturated carbocycles. The van der Waals surface area contributed by atoms with Crippen LogP contribution in [0.15, 0.2) is 53.4 Å². The number of ether oxygens (including phenoxy) is 1. The van der Waals surface area contributed by atoms with Crippen LogP contribution < -0.4 is 0 Å². The molecule has 6 heteroatoms. The van der Waals surface area contributed by atoms with Gasteiger partial charge in [0.1, 0.15) is 6.10 Å². The number of hydrogen-bond donors (Lipinski definition) is 0. The highest BCUT2D eigenvalue weighted by atomic mass is 32.2. The van der Waals surface area contributed by atoms with Crippen molar-refractivity contribution in [3.63, 3.8) is 0 Å². The molecule has 0 bridgehead atoms. The molecule has 2 aromatic carbocycles. The smallest absolute Gasteiger partial charge is 0.339 e. The van der Waals surface area contributed by atoms with Gasteiger partial charge in [0.05, 0.1) is 15.4 Å². The van der Waals surface area contributed by atoms with E-state index < -0.39 is 4.92 Å². The molecule has 0 spiro atoms. The maximum Gasteiger partial charge on any atom is 0.339 e. The Kier molecular flexibility index (Phi) is 3.62. The summed E-state index contributed by atoms with van der Waals surface area (Å²) in [6, 6.07) is 13.8. The summed E-state index contributed by atoms with van der Waals surface area (Å²) in [6.45, 7) is 0. The van der Waals surface area contributed by atoms with E-state index in [2.05, 4.69) is 0 Å². The zero-order valence-corrected chi connectivity index (χ0v) is 11.7. The quantitative estimate of drug-likeness (QED) is 0.373. The van der Waals surface area contributed by atoms with Gasteiger partial charge >= 0.3 is 5.97 Å². The Bertz CT molecular complexity index is 716. The molecule has 1 unspecified atom stereocenters. The van der Waals surface area contributed by atoms with Crippen molar-refractivity contribution in [3.8, 4) is 0 Å². The number of fused-ring (bicyclic) bond motifs is 1. The summed E-state index contributed by atoms with van der Waals surface area (Å²) in [4.78, 5) is 22.9. The fourth-order valence-electron chi connectivity index (χ4n) is 2.24. The molecule has 0 fully saturated rings. The molecule has 1 aliphatic heterocycles. The molecule has 5 nitrogen and oxygen atoms in total. The maximum atomic E-state index is 11.7. The van der Waals surface area contributed by atoms with Crippen molar-refractivity contribution in [3.05, 3.63) is 69.8 Å². The lowest BCUT2D eigenvalue weighted by Crippen LogP contribution is -2.02. The SMILES string of the molecule is O=C1OC(CSc2ccccc2[N+](=O)[O-])c2ccccc21. The molecule has 0 aromatic heterocycles. The summed E-state index contributed by atoms with van der Waals surface area (Å²) in [5.74, 6) is 0.118. The van der Waals surface area contributed by atoms with Crippen molar-refractivity contribution in [2.45, 2.75) is 11.0 Å². The van der Waals surface area contributed by atoms with Crippen LogP contribution in [0.25, 0.3) is 0 Å². The van der Waals surface area contributed by atoms with Crippen LogP contribution in [-0.2, 0) is 4.74 Å². The molecule has 0 radical (unpaired) electrons. The Morgan fingerprint density at radius 2 is 1.86 bits per heavy atom. The second-order valence-corrected chi connectivity index (χ2v) is 5.58. The summed E-state index contributed by atoms with van der Waals surface area (Å²) >= 11 is 1.32. The zero-order chi connectivity index (χ0) is 14.8. The number of benzene rings is 2. The van der Waals surface area contributed by atoms with Crippen molar-refractivity contribution in [1.82, 2.24) is 0 Å². The van der Waals surface area contributed by atoms with Crippen LogP contribution in [0.3, 0.4) is 0 Å². The van der Waals surface area contributed by atoms with E-state index in [1.165, 1.54) is 17.8 Å². The number of nitrogens with zero attached hydrogens (tertiary/aromatic N) is 1. The van der Waals surface area contributed by atoms with Crippen LogP contribution in [-0.4, -0.2) is 16.6 Å². The van der Waals surface area contributed by atoms with Gasteiger partial charge in [0, 0.05) is 17.4 Å². The van der Waals surface area contributed by atoms with Gasteiger partial charge in [-0.25, -0.2) is 4.79 Å². The molecule has 2 aromatic rings. The lowest BCUT2D eigenvalue weighted by atomic mass is 10.1. The van der Waals surface area contributed by atoms with E-state index in [0.29, 0.717) is 16.2 Å². The fraction of sp³-hybridized carbons (Fsp3) is 0.133. The second kappa shape index (κ2) is 5.57. The number of carbonyl (C=O) groups is 1. The number of hydrogen-bond acceptors (Lipinski definition) is 5. The summed E-state index contributed by atoms with van der Waals surface area (Å²) in [5.41, 5.74) is 1.49. The van der Waals surface area contributed by atoms with Gasteiger partial charge in [-0.2, -0.15) is 0 Å². The van der Waals surface area contributed by atoms with E-state index in [0.717, 1.165) is 5.56 Å². The first-order valence-electron chi connectivity index (χ1n) is 6.33. The summed E-state index contributed by atoms with van der Waals surface area (Å²) in [5, 5.41) is 11.0. The Hall–Kier alpha value is -2.34. The van der Waals surface area contributed by atoms with Gasteiger partial charge in [-0.15, -0.1) is 11.8 Å². The van der Waals surface area contributed by atoms with Gasteiger partial charge in [-0.05, 0) is 12.1 Å². The van der Waals surface area contributed by atoms with Crippen LogP contribution in [0.4, 0.5) is 5.69 Å². The lowest BCUT2D eigenvalue weighted by molar-refractivity contribution is -0.387. The van der Waals surface area contributed by atoms with E-state index in [4.69, 9.17) is 4.74 Å². The molecule has 3 rings (SSSR count). The minimum absolute atomic E-state index is 0.0695. The number of nitro groups is 1. The number of rotatable bonds is 4. The predicted molar refractivity (Wildman–Crippen MR) is 78.4 cm³/mol. The molecule has 106 valence electrons. The highest BCUT2D eigenvalue weighted by Crippen LogP contribution is 2.37. The first-order chi connectivity index (χ1) is 10.2. The average Bonchev–Trinajstić information content (AvgIpc) is 2.82. The number of thioether (sulfide) groups is 1. The third-order valence-corrected chi connectivity index (χ3v) is 4.35. The zero-order valence-electron chi connectivity index (χ0n) is 10.9. The van der Waals surface area contributed by atoms with Crippen LogP contribution >= 0.6 is 11.8 Å². The number of esters is 1. The van der Waals surface area contributed by atoms with Crippen molar-refractivity contribution in [2.24, 2.45) is 0 Å². The summed E-state index contributed by atoms with van der Waals surface area (Å²) in [7, 11) is 0. The number of carbonyl (C=O) groups excluding carboxylic acids is 1. The first kappa shape index (κ1) is 13.6. The number of para-hydroxylation sites is 1. The molecule has 0 saturated heterocycles. The second-order valence-electron chi connectivity index (χ2n) is 4.52. The summed E-state index contributed by atoms with van der Waals surface area (Å²) < 4.78 is 5.32. The monoisotopic (exact) mass is 301 g/mol. The van der Waals surface area contributed by atoms with Crippen LogP contribution in [0, 0.1) is 10.1 Å². The van der Waals surface area contributed by atoms with E-state index >= 15 is 0 Å². The molecule has 1 atom stereocenters. The fourth-order valence-corrected chi connectivity index (χ4v) is 3.28. The van der Waals surface area contributed by atoms with Crippen molar-refractivity contribution >= 4 is 23.4 Å². The molecule has 21 heavy (non-hydrogen) atoms. The number of cyclic esters (lactones) is 1. The molecule has 0 aliphatic carbocycles. The van der Waals surface area contributed by atoms with Crippen LogP contribution in [0.2, 0.25) is 0 Å². The van der Waals surface area contributed by atoms with Gasteiger partial charge in [-0.1, -0.05) is 30.3 Å². The summed E-state index contributed by atoms with van der Waals surface area (Å²) in [6.07, 6.45) is -0.362. The van der Waals surface area contributed by atoms with Crippen LogP contribution in [0.1, 0.15) is 22.0 Å². The van der Waals surface area contributed by atoms with E-state index in [-0.39, 0.29) is 17.8 Å². The molecule has 0 N–H and O–H groups in total. The molecular weight excluding hydrogens is 290 g/mol. The van der Waals surface area contributed by atoms with Gasteiger partial charge in [-0.3, -0.25) is 10.1 Å². The Morgan fingerprint density at radius 3 is 2.67 bits per heavy atom. The maximum absolute atomic E-state index is 11.7. The standard InChI is InChI=1S/C15H11NO4S/c17-15-11-6-2-1-5-10(11)13(20-15)9-21-14-8-4-3-7-12(14)16(18)19/h1-8,13H,9H2. The molecule has 1 aliphatic rings. The van der Waals surface area contributed by atoms with E-state index in [9.17, 15) is 14.9 Å². The first-order valence-corrected chi connectivity index (χ1v) is 7.31. The number of nitro benzene ring substituents is 1. The third-order valence-electron chi connectivity index (χ3n) is 3.23. The van der Waals surface area contributed by atoms with Crippen molar-refractivity contribution < 1.29 is 14.5 Å². The van der Waals surface area contributed by atoms with E-state index in [1.54, 1.807) is 30.3 Å². The highest BCUT2D eigenvalue weighted by Gasteiger charge is 2.30. The van der Waals surface area contributed by atoms with Crippen molar-refractivity contribution in [1.29, 1.82) is 0 Å². The molecular formula is C15H11NO4S. The van der Waals surface area contributed by atoms with Crippen molar-refractivity contribution in [2.75, 3.05) is 5.75 Å². The van der Waals surface area contributed by atoms with Gasteiger partial charge in [0.2, 0.25) is 0 Å². The predicted octanol–water partition coefficient (Wildman–Crippen LogP) is 3.60. The third kappa shape index (κ3) is 2.62. The lowest BCUT2D eigenvalue weighted by Gasteiger charge is -2.10. The van der Waals surface area contributed by atoms with E-state index in [1.807, 2.05) is 12.1 Å². The minimum atomic E-state index is -0.406. The Balaban J connectivity index is 1.78.